The molecule has 0 atom stereocenters. The Kier molecular flexibility index (Phi) is 6.01. The van der Waals surface area contributed by atoms with E-state index >= 15 is 0 Å². The number of aromatic nitrogens is 3. The lowest BCUT2D eigenvalue weighted by Gasteiger charge is -2.09. The minimum atomic E-state index is -0.538. The normalized spacial score (nSPS) is 11.0. The smallest absolute Gasteiger partial charge is 0.302 e. The molecule has 4 aromatic rings. The van der Waals surface area contributed by atoms with Gasteiger partial charge >= 0.3 is 5.69 Å². The molecule has 2 aromatic heterocycles. The number of H-pyrrole nitrogens is 1. The van der Waals surface area contributed by atoms with Crippen LogP contribution in [0.5, 0.6) is 0 Å². The van der Waals surface area contributed by atoms with Crippen molar-refractivity contribution in [3.8, 4) is 0 Å². The minimum Gasteiger partial charge on any atom is -0.302 e. The molecular weight excluding hydrogens is 436 g/mol. The molecule has 0 fully saturated rings. The van der Waals surface area contributed by atoms with Crippen LogP contribution in [0.15, 0.2) is 58.1 Å². The maximum absolute atomic E-state index is 12.5. The van der Waals surface area contributed by atoms with Gasteiger partial charge in [0, 0.05) is 29.3 Å². The third kappa shape index (κ3) is 4.60. The van der Waals surface area contributed by atoms with Gasteiger partial charge in [0.25, 0.3) is 5.56 Å². The number of benzene rings is 2. The number of amides is 1. The molecule has 9 heteroatoms. The van der Waals surface area contributed by atoms with Gasteiger partial charge < -0.3 is 5.32 Å². The van der Waals surface area contributed by atoms with Crippen LogP contribution in [0.25, 0.3) is 10.9 Å². The predicted molar refractivity (Wildman–Crippen MR) is 123 cm³/mol. The number of nitrogens with zero attached hydrogens (tertiary/aromatic N) is 2. The van der Waals surface area contributed by atoms with Crippen LogP contribution >= 0.6 is 22.9 Å². The number of thiazole rings is 1. The Morgan fingerprint density at radius 3 is 2.71 bits per heavy atom. The fraction of sp³-hybridized carbons (Fsp3) is 0.182. The van der Waals surface area contributed by atoms with Crippen molar-refractivity contribution in [1.29, 1.82) is 0 Å². The summed E-state index contributed by atoms with van der Waals surface area (Å²) in [6.07, 6.45) is 0.701. The first-order chi connectivity index (χ1) is 14.9. The van der Waals surface area contributed by atoms with Gasteiger partial charge in [-0.1, -0.05) is 41.9 Å². The van der Waals surface area contributed by atoms with E-state index in [0.717, 1.165) is 16.1 Å². The van der Waals surface area contributed by atoms with Gasteiger partial charge in [-0.3, -0.25) is 19.1 Å². The third-order valence-corrected chi connectivity index (χ3v) is 6.36. The second-order valence-electron chi connectivity index (χ2n) is 7.02. The Bertz CT molecular complexity index is 1390. The lowest BCUT2D eigenvalue weighted by molar-refractivity contribution is -0.116. The summed E-state index contributed by atoms with van der Waals surface area (Å²) in [6, 6.07) is 14.4. The van der Waals surface area contributed by atoms with Crippen LogP contribution in [-0.2, 0) is 17.8 Å². The predicted octanol–water partition coefficient (Wildman–Crippen LogP) is 3.73. The van der Waals surface area contributed by atoms with Gasteiger partial charge in [0.15, 0.2) is 5.13 Å². The van der Waals surface area contributed by atoms with Crippen molar-refractivity contribution in [3.63, 3.8) is 0 Å². The zero-order chi connectivity index (χ0) is 22.0. The van der Waals surface area contributed by atoms with Gasteiger partial charge in [-0.05, 0) is 30.7 Å². The maximum atomic E-state index is 12.5. The van der Waals surface area contributed by atoms with Crippen molar-refractivity contribution in [2.45, 2.75) is 26.3 Å². The standard InChI is InChI=1S/C22H19ClN4O3S/c1-13-18(12-14-6-2-4-8-16(14)23)31-21(24-13)25-19(28)10-11-27-17-9-5-3-7-15(17)20(29)26-22(27)30/h2-9H,10-12H2,1H3,(H,24,25,28)(H,26,29,30). The van der Waals surface area contributed by atoms with E-state index in [1.807, 2.05) is 31.2 Å². The van der Waals surface area contributed by atoms with Crippen LogP contribution in [0.3, 0.4) is 0 Å². The van der Waals surface area contributed by atoms with E-state index in [1.54, 1.807) is 24.3 Å². The molecule has 158 valence electrons. The van der Waals surface area contributed by atoms with Crippen LogP contribution in [0, 0.1) is 6.92 Å². The summed E-state index contributed by atoms with van der Waals surface area (Å²) in [5.41, 5.74) is 1.35. The van der Waals surface area contributed by atoms with Crippen LogP contribution in [-0.4, -0.2) is 20.4 Å². The second-order valence-corrected chi connectivity index (χ2v) is 8.51. The minimum absolute atomic E-state index is 0.0639. The Morgan fingerprint density at radius 2 is 1.90 bits per heavy atom. The molecule has 0 aliphatic rings. The van der Waals surface area contributed by atoms with Gasteiger partial charge in [0.1, 0.15) is 0 Å². The summed E-state index contributed by atoms with van der Waals surface area (Å²) in [5, 5.41) is 4.40. The van der Waals surface area contributed by atoms with Crippen molar-refractivity contribution in [3.05, 3.63) is 90.5 Å². The molecule has 2 aromatic carbocycles. The summed E-state index contributed by atoms with van der Waals surface area (Å²) >= 11 is 7.65. The molecule has 0 radical (unpaired) electrons. The molecule has 2 N–H and O–H groups in total. The summed E-state index contributed by atoms with van der Waals surface area (Å²) < 4.78 is 1.40. The van der Waals surface area contributed by atoms with Crippen LogP contribution in [0.4, 0.5) is 5.13 Å². The molecule has 2 heterocycles. The number of hydrogen-bond donors (Lipinski definition) is 2. The third-order valence-electron chi connectivity index (χ3n) is 4.92. The number of nitrogens with one attached hydrogen (secondary N) is 2. The summed E-state index contributed by atoms with van der Waals surface area (Å²) in [6.45, 7) is 2.03. The number of aryl methyl sites for hydroxylation is 2. The quantitative estimate of drug-likeness (QED) is 0.464. The van der Waals surface area contributed by atoms with E-state index in [-0.39, 0.29) is 18.9 Å². The number of carbonyl (C=O) groups excluding carboxylic acids is 1. The molecule has 0 bridgehead atoms. The van der Waals surface area contributed by atoms with E-state index < -0.39 is 11.2 Å². The molecule has 4 rings (SSSR count). The highest BCUT2D eigenvalue weighted by molar-refractivity contribution is 7.15. The highest BCUT2D eigenvalue weighted by Gasteiger charge is 2.13. The Hall–Kier alpha value is -3.23. The maximum Gasteiger partial charge on any atom is 0.328 e. The first kappa shape index (κ1) is 21.0. The van der Waals surface area contributed by atoms with Crippen molar-refractivity contribution in [1.82, 2.24) is 14.5 Å². The average molecular weight is 455 g/mol. The molecule has 0 aliphatic carbocycles. The number of aromatic amines is 1. The number of hydrogen-bond acceptors (Lipinski definition) is 5. The fourth-order valence-corrected chi connectivity index (χ4v) is 4.52. The number of para-hydroxylation sites is 1. The average Bonchev–Trinajstić information content (AvgIpc) is 3.08. The molecule has 31 heavy (non-hydrogen) atoms. The van der Waals surface area contributed by atoms with E-state index in [1.165, 1.54) is 15.9 Å². The number of carbonyl (C=O) groups is 1. The topological polar surface area (TPSA) is 96.8 Å². The molecule has 7 nitrogen and oxygen atoms in total. The molecule has 0 saturated carbocycles. The van der Waals surface area contributed by atoms with Gasteiger partial charge in [-0.2, -0.15) is 0 Å². The van der Waals surface area contributed by atoms with Crippen LogP contribution in [0.1, 0.15) is 22.6 Å². The lowest BCUT2D eigenvalue weighted by atomic mass is 10.1. The van der Waals surface area contributed by atoms with E-state index in [0.29, 0.717) is 27.5 Å². The second kappa shape index (κ2) is 8.87. The SMILES string of the molecule is Cc1nc(NC(=O)CCn2c(=O)[nH]c(=O)c3ccccc32)sc1Cc1ccccc1Cl. The highest BCUT2D eigenvalue weighted by Crippen LogP contribution is 2.27. The number of rotatable bonds is 6. The molecule has 1 amide bonds. The van der Waals surface area contributed by atoms with Crippen molar-refractivity contribution < 1.29 is 4.79 Å². The van der Waals surface area contributed by atoms with E-state index in [4.69, 9.17) is 11.6 Å². The molecule has 0 saturated heterocycles. The van der Waals surface area contributed by atoms with Gasteiger partial charge in [-0.15, -0.1) is 11.3 Å². The van der Waals surface area contributed by atoms with Gasteiger partial charge in [0.05, 0.1) is 16.6 Å². The monoisotopic (exact) mass is 454 g/mol. The van der Waals surface area contributed by atoms with Gasteiger partial charge in [0.2, 0.25) is 5.91 Å². The zero-order valence-corrected chi connectivity index (χ0v) is 18.2. The van der Waals surface area contributed by atoms with Crippen LogP contribution < -0.4 is 16.6 Å². The number of halogens is 1. The van der Waals surface area contributed by atoms with Crippen molar-refractivity contribution >= 4 is 44.9 Å². The number of fused-ring (bicyclic) bond motifs is 1. The van der Waals surface area contributed by atoms with Gasteiger partial charge in [-0.25, -0.2) is 9.78 Å². The molecule has 0 unspecified atom stereocenters. The Morgan fingerprint density at radius 1 is 1.16 bits per heavy atom. The molecular formula is C22H19ClN4O3S. The first-order valence-corrected chi connectivity index (χ1v) is 10.8. The highest BCUT2D eigenvalue weighted by atomic mass is 35.5. The largest absolute Gasteiger partial charge is 0.328 e. The van der Waals surface area contributed by atoms with Crippen molar-refractivity contribution in [2.24, 2.45) is 0 Å². The molecule has 0 aliphatic heterocycles. The van der Waals surface area contributed by atoms with E-state index in [2.05, 4.69) is 15.3 Å². The molecule has 0 spiro atoms. The van der Waals surface area contributed by atoms with Crippen LogP contribution in [0.2, 0.25) is 5.02 Å². The Labute approximate surface area is 186 Å². The fourth-order valence-electron chi connectivity index (χ4n) is 3.32. The number of anilines is 1. The summed E-state index contributed by atoms with van der Waals surface area (Å²) in [4.78, 5) is 44.4. The summed E-state index contributed by atoms with van der Waals surface area (Å²) in [5.74, 6) is -0.264. The lowest BCUT2D eigenvalue weighted by Crippen LogP contribution is -2.31. The summed E-state index contributed by atoms with van der Waals surface area (Å²) in [7, 11) is 0. The zero-order valence-electron chi connectivity index (χ0n) is 16.6. The first-order valence-electron chi connectivity index (χ1n) is 9.64. The van der Waals surface area contributed by atoms with Crippen molar-refractivity contribution in [2.75, 3.05) is 5.32 Å². The van der Waals surface area contributed by atoms with E-state index in [9.17, 15) is 14.4 Å². The Balaban J connectivity index is 1.46.